The Labute approximate surface area is 148 Å². The van der Waals surface area contributed by atoms with E-state index in [0.29, 0.717) is 5.56 Å². The molecule has 0 unspecified atom stereocenters. The van der Waals surface area contributed by atoms with Gasteiger partial charge in [0.15, 0.2) is 6.20 Å². The van der Waals surface area contributed by atoms with Gasteiger partial charge in [0.1, 0.15) is 7.05 Å². The molecule has 0 saturated carbocycles. The van der Waals surface area contributed by atoms with E-state index in [1.807, 2.05) is 17.7 Å². The lowest BCUT2D eigenvalue weighted by Crippen LogP contribution is -2.31. The summed E-state index contributed by atoms with van der Waals surface area (Å²) < 4.78 is 25.0. The second kappa shape index (κ2) is 5.04. The first-order valence-corrected chi connectivity index (χ1v) is 8.37. The number of nitrogens with zero attached hydrogens (tertiary/aromatic N) is 1. The molecule has 0 spiro atoms. The van der Waals surface area contributed by atoms with Gasteiger partial charge in [-0.15, -0.1) is 0 Å². The summed E-state index contributed by atoms with van der Waals surface area (Å²) in [4.78, 5) is 0. The molecule has 0 N–H and O–H groups in total. The molecular weight excluding hydrogens is 290 g/mol. The van der Waals surface area contributed by atoms with Gasteiger partial charge >= 0.3 is 0 Å². The molecule has 1 aliphatic rings. The molecule has 24 heavy (non-hydrogen) atoms. The molecule has 1 aromatic heterocycles. The highest BCUT2D eigenvalue weighted by Crippen LogP contribution is 2.52. The summed E-state index contributed by atoms with van der Waals surface area (Å²) in [5.74, 6) is 0. The average Bonchev–Trinajstić information content (AvgIpc) is 2.83. The molecule has 0 saturated heterocycles. The predicted molar refractivity (Wildman–Crippen MR) is 100 cm³/mol. The first-order chi connectivity index (χ1) is 12.6. The first-order valence-electron chi connectivity index (χ1n) is 9.87. The van der Waals surface area contributed by atoms with Crippen LogP contribution in [0.3, 0.4) is 0 Å². The monoisotopic (exact) mass is 317 g/mol. The Hall–Kier alpha value is -2.41. The normalized spacial score (nSPS) is 16.8. The average molecular weight is 317 g/mol. The zero-order chi connectivity index (χ0) is 19.6. The van der Waals surface area contributed by atoms with Gasteiger partial charge in [0, 0.05) is 26.7 Å². The van der Waals surface area contributed by atoms with Crippen LogP contribution in [0.2, 0.25) is 0 Å². The molecule has 1 nitrogen and oxygen atoms in total. The lowest BCUT2D eigenvalue weighted by molar-refractivity contribution is -0.660. The molecule has 3 aromatic rings. The third-order valence-corrected chi connectivity index (χ3v) is 5.35. The molecule has 0 fully saturated rings. The van der Waals surface area contributed by atoms with Crippen LogP contribution in [-0.4, -0.2) is 0 Å². The zero-order valence-corrected chi connectivity index (χ0v) is 14.6. The quantitative estimate of drug-likeness (QED) is 0.550. The van der Waals surface area contributed by atoms with E-state index in [0.717, 1.165) is 5.69 Å². The fourth-order valence-electron chi connectivity index (χ4n) is 4.10. The van der Waals surface area contributed by atoms with Gasteiger partial charge in [-0.3, -0.25) is 0 Å². The Morgan fingerprint density at radius 3 is 2.46 bits per heavy atom. The minimum Gasteiger partial charge on any atom is -0.201 e. The van der Waals surface area contributed by atoms with Gasteiger partial charge in [0.05, 0.1) is 5.56 Å². The van der Waals surface area contributed by atoms with Gasteiger partial charge in [-0.05, 0) is 42.1 Å². The number of hydrogen-bond donors (Lipinski definition) is 0. The van der Waals surface area contributed by atoms with E-state index in [2.05, 4.69) is 57.2 Å². The summed E-state index contributed by atoms with van der Waals surface area (Å²) >= 11 is 0. The lowest BCUT2D eigenvalue weighted by atomic mass is 9.81. The lowest BCUT2D eigenvalue weighted by Gasteiger charge is -2.21. The van der Waals surface area contributed by atoms with Gasteiger partial charge in [0.2, 0.25) is 5.69 Å². The highest BCUT2D eigenvalue weighted by Gasteiger charge is 2.38. The Kier molecular flexibility index (Phi) is 2.53. The topological polar surface area (TPSA) is 3.88 Å². The van der Waals surface area contributed by atoms with Crippen molar-refractivity contribution < 1.29 is 8.68 Å². The molecule has 0 aliphatic heterocycles. The molecule has 0 amide bonds. The number of hydrogen-bond acceptors (Lipinski definition) is 0. The SMILES string of the molecule is [2H]C([2H])([2H])c1ccc(-c2c(C)ccc3c2-c2ccccc2C3(C)C)[n+](C)c1. The third kappa shape index (κ3) is 1.97. The maximum atomic E-state index is 7.68. The number of aromatic nitrogens is 1. The van der Waals surface area contributed by atoms with Crippen LogP contribution in [0.15, 0.2) is 54.7 Å². The zero-order valence-electron chi connectivity index (χ0n) is 17.6. The van der Waals surface area contributed by atoms with Gasteiger partial charge in [-0.1, -0.05) is 50.2 Å². The predicted octanol–water partition coefficient (Wildman–Crippen LogP) is 5.10. The van der Waals surface area contributed by atoms with Crippen LogP contribution in [0.4, 0.5) is 0 Å². The largest absolute Gasteiger partial charge is 0.213 e. The van der Waals surface area contributed by atoms with E-state index >= 15 is 0 Å². The maximum absolute atomic E-state index is 7.68. The number of pyridine rings is 1. The fourth-order valence-corrected chi connectivity index (χ4v) is 4.10. The van der Waals surface area contributed by atoms with Crippen LogP contribution in [0.1, 0.15) is 40.2 Å². The number of fused-ring (bicyclic) bond motifs is 3. The minimum atomic E-state index is -2.10. The van der Waals surface area contributed by atoms with Crippen molar-refractivity contribution in [3.63, 3.8) is 0 Å². The van der Waals surface area contributed by atoms with Crippen molar-refractivity contribution in [2.75, 3.05) is 0 Å². The Morgan fingerprint density at radius 1 is 0.917 bits per heavy atom. The molecule has 1 heterocycles. The van der Waals surface area contributed by atoms with Crippen LogP contribution in [0.25, 0.3) is 22.4 Å². The van der Waals surface area contributed by atoms with E-state index in [1.54, 1.807) is 12.3 Å². The van der Waals surface area contributed by atoms with Crippen molar-refractivity contribution in [3.8, 4) is 22.4 Å². The highest BCUT2D eigenvalue weighted by atomic mass is 14.9. The summed E-state index contributed by atoms with van der Waals surface area (Å²) in [6, 6.07) is 16.7. The van der Waals surface area contributed by atoms with Gasteiger partial charge in [-0.2, -0.15) is 0 Å². The molecule has 1 aliphatic carbocycles. The summed E-state index contributed by atoms with van der Waals surface area (Å²) in [6.07, 6.45) is 1.73. The molecule has 0 radical (unpaired) electrons. The van der Waals surface area contributed by atoms with Crippen molar-refractivity contribution in [2.45, 2.75) is 33.0 Å². The van der Waals surface area contributed by atoms with Gasteiger partial charge in [0.25, 0.3) is 0 Å². The molecular formula is C23H24N+. The van der Waals surface area contributed by atoms with Crippen molar-refractivity contribution in [1.82, 2.24) is 0 Å². The summed E-state index contributed by atoms with van der Waals surface area (Å²) in [5, 5.41) is 0. The summed E-state index contributed by atoms with van der Waals surface area (Å²) in [5.41, 5.74) is 8.93. The molecule has 0 atom stereocenters. The maximum Gasteiger partial charge on any atom is 0.213 e. The van der Waals surface area contributed by atoms with Crippen LogP contribution in [0.5, 0.6) is 0 Å². The van der Waals surface area contributed by atoms with E-state index < -0.39 is 6.85 Å². The fraction of sp³-hybridized carbons (Fsp3) is 0.261. The van der Waals surface area contributed by atoms with E-state index in [4.69, 9.17) is 4.11 Å². The van der Waals surface area contributed by atoms with Crippen LogP contribution >= 0.6 is 0 Å². The summed E-state index contributed by atoms with van der Waals surface area (Å²) in [7, 11) is 1.93. The van der Waals surface area contributed by atoms with Gasteiger partial charge < -0.3 is 0 Å². The molecule has 2 aromatic carbocycles. The number of benzene rings is 2. The number of aryl methyl sites for hydroxylation is 3. The van der Waals surface area contributed by atoms with E-state index in [-0.39, 0.29) is 5.41 Å². The van der Waals surface area contributed by atoms with Crippen molar-refractivity contribution in [1.29, 1.82) is 0 Å². The molecule has 120 valence electrons. The Bertz CT molecular complexity index is 1060. The second-order valence-corrected chi connectivity index (χ2v) is 7.26. The highest BCUT2D eigenvalue weighted by molar-refractivity contribution is 5.92. The Morgan fingerprint density at radius 2 is 1.71 bits per heavy atom. The van der Waals surface area contributed by atoms with Crippen LogP contribution in [0, 0.1) is 13.8 Å². The number of rotatable bonds is 1. The first kappa shape index (κ1) is 12.0. The minimum absolute atomic E-state index is 0.0500. The smallest absolute Gasteiger partial charge is 0.201 e. The molecule has 4 rings (SSSR count). The van der Waals surface area contributed by atoms with E-state index in [1.165, 1.54) is 33.4 Å². The summed E-state index contributed by atoms with van der Waals surface area (Å²) in [6.45, 7) is 4.57. The molecule has 0 bridgehead atoms. The Balaban J connectivity index is 2.03. The van der Waals surface area contributed by atoms with Gasteiger partial charge in [-0.25, -0.2) is 4.57 Å². The van der Waals surface area contributed by atoms with E-state index in [9.17, 15) is 0 Å². The van der Waals surface area contributed by atoms with Crippen LogP contribution < -0.4 is 4.57 Å². The second-order valence-electron chi connectivity index (χ2n) is 7.26. The standard InChI is InChI=1S/C23H24N/c1-15-10-13-20(24(5)14-15)21-16(2)11-12-19-22(21)17-8-6-7-9-18(17)23(19,3)4/h6-14H,1-5H3/q+1/i1D3. The van der Waals surface area contributed by atoms with Crippen molar-refractivity contribution in [3.05, 3.63) is 77.0 Å². The van der Waals surface area contributed by atoms with Crippen molar-refractivity contribution in [2.24, 2.45) is 7.05 Å². The van der Waals surface area contributed by atoms with Crippen molar-refractivity contribution >= 4 is 0 Å². The van der Waals surface area contributed by atoms with Crippen LogP contribution in [-0.2, 0) is 12.5 Å². The molecule has 1 heteroatoms. The third-order valence-electron chi connectivity index (χ3n) is 5.35.